The van der Waals surface area contributed by atoms with E-state index in [9.17, 15) is 9.90 Å². The quantitative estimate of drug-likeness (QED) is 0.746. The van der Waals surface area contributed by atoms with Crippen molar-refractivity contribution < 1.29 is 9.90 Å². The Morgan fingerprint density at radius 3 is 3.00 bits per heavy atom. The molecule has 3 N–H and O–H groups in total. The monoisotopic (exact) mass is 283 g/mol. The number of carbonyl (C=O) groups excluding carboxylic acids is 1. The summed E-state index contributed by atoms with van der Waals surface area (Å²) in [6.45, 7) is 0.110. The van der Waals surface area contributed by atoms with Crippen molar-refractivity contribution in [3.8, 4) is 0 Å². The van der Waals surface area contributed by atoms with Gasteiger partial charge in [-0.2, -0.15) is 0 Å². The maximum atomic E-state index is 11.9. The zero-order chi connectivity index (χ0) is 13.7. The number of urea groups is 1. The van der Waals surface area contributed by atoms with Crippen LogP contribution in [0.2, 0.25) is 5.15 Å². The SMILES string of the molecule is O=C(Nc1cccnc1Cl)NC1CCCCC1CO. The van der Waals surface area contributed by atoms with E-state index >= 15 is 0 Å². The number of aliphatic hydroxyl groups is 1. The highest BCUT2D eigenvalue weighted by atomic mass is 35.5. The van der Waals surface area contributed by atoms with Crippen LogP contribution in [0.15, 0.2) is 18.3 Å². The Labute approximate surface area is 117 Å². The van der Waals surface area contributed by atoms with E-state index in [0.29, 0.717) is 5.69 Å². The molecule has 19 heavy (non-hydrogen) atoms. The largest absolute Gasteiger partial charge is 0.396 e. The first-order valence-electron chi connectivity index (χ1n) is 6.49. The maximum absolute atomic E-state index is 11.9. The fourth-order valence-electron chi connectivity index (χ4n) is 2.42. The van der Waals surface area contributed by atoms with Gasteiger partial charge in [-0.1, -0.05) is 24.4 Å². The van der Waals surface area contributed by atoms with Crippen molar-refractivity contribution in [1.82, 2.24) is 10.3 Å². The fraction of sp³-hybridized carbons (Fsp3) is 0.538. The normalized spacial score (nSPS) is 22.8. The zero-order valence-electron chi connectivity index (χ0n) is 10.6. The van der Waals surface area contributed by atoms with E-state index in [1.807, 2.05) is 0 Å². The molecule has 0 radical (unpaired) electrons. The van der Waals surface area contributed by atoms with Crippen molar-refractivity contribution in [3.05, 3.63) is 23.5 Å². The van der Waals surface area contributed by atoms with Crippen LogP contribution in [-0.2, 0) is 0 Å². The van der Waals surface area contributed by atoms with Crippen LogP contribution >= 0.6 is 11.6 Å². The molecule has 6 heteroatoms. The average Bonchev–Trinajstić information content (AvgIpc) is 2.42. The predicted molar refractivity (Wildman–Crippen MR) is 74.2 cm³/mol. The van der Waals surface area contributed by atoms with Gasteiger partial charge in [0.2, 0.25) is 0 Å². The van der Waals surface area contributed by atoms with Gasteiger partial charge in [0.1, 0.15) is 0 Å². The molecule has 0 bridgehead atoms. The van der Waals surface area contributed by atoms with Crippen LogP contribution in [0, 0.1) is 5.92 Å². The van der Waals surface area contributed by atoms with Crippen LogP contribution < -0.4 is 10.6 Å². The van der Waals surface area contributed by atoms with Crippen LogP contribution in [0.1, 0.15) is 25.7 Å². The summed E-state index contributed by atoms with van der Waals surface area (Å²) in [6.07, 6.45) is 5.61. The average molecular weight is 284 g/mol. The molecule has 1 saturated carbocycles. The third kappa shape index (κ3) is 3.81. The smallest absolute Gasteiger partial charge is 0.319 e. The molecule has 1 aromatic rings. The van der Waals surface area contributed by atoms with Crippen LogP contribution in [0.25, 0.3) is 0 Å². The second-order valence-electron chi connectivity index (χ2n) is 4.77. The molecule has 5 nitrogen and oxygen atoms in total. The lowest BCUT2D eigenvalue weighted by molar-refractivity contribution is 0.156. The van der Waals surface area contributed by atoms with Crippen LogP contribution in [0.4, 0.5) is 10.5 Å². The fourth-order valence-corrected chi connectivity index (χ4v) is 2.59. The summed E-state index contributed by atoms with van der Waals surface area (Å²) in [5.41, 5.74) is 0.484. The lowest BCUT2D eigenvalue weighted by atomic mass is 9.85. The Morgan fingerprint density at radius 1 is 1.47 bits per heavy atom. The third-order valence-electron chi connectivity index (χ3n) is 3.47. The van der Waals surface area contributed by atoms with E-state index in [1.165, 1.54) is 0 Å². The minimum Gasteiger partial charge on any atom is -0.396 e. The molecule has 1 aromatic heterocycles. The van der Waals surface area contributed by atoms with Gasteiger partial charge >= 0.3 is 6.03 Å². The number of pyridine rings is 1. The van der Waals surface area contributed by atoms with Crippen molar-refractivity contribution >= 4 is 23.3 Å². The van der Waals surface area contributed by atoms with Crippen molar-refractivity contribution in [1.29, 1.82) is 0 Å². The highest BCUT2D eigenvalue weighted by molar-refractivity contribution is 6.32. The van der Waals surface area contributed by atoms with Crippen molar-refractivity contribution in [2.75, 3.05) is 11.9 Å². The molecule has 2 amide bonds. The molecule has 104 valence electrons. The molecule has 0 saturated heterocycles. The van der Waals surface area contributed by atoms with Crippen molar-refractivity contribution in [3.63, 3.8) is 0 Å². The number of carbonyl (C=O) groups is 1. The van der Waals surface area contributed by atoms with Gasteiger partial charge in [0.05, 0.1) is 5.69 Å². The van der Waals surface area contributed by atoms with Gasteiger partial charge in [-0.25, -0.2) is 9.78 Å². The summed E-state index contributed by atoms with van der Waals surface area (Å²) < 4.78 is 0. The zero-order valence-corrected chi connectivity index (χ0v) is 11.4. The molecular formula is C13H18ClN3O2. The van der Waals surface area contributed by atoms with Crippen LogP contribution in [0.5, 0.6) is 0 Å². The molecular weight excluding hydrogens is 266 g/mol. The molecule has 1 fully saturated rings. The summed E-state index contributed by atoms with van der Waals surface area (Å²) in [6, 6.07) is 3.12. The van der Waals surface area contributed by atoms with Crippen molar-refractivity contribution in [2.45, 2.75) is 31.7 Å². The molecule has 0 aliphatic heterocycles. The van der Waals surface area contributed by atoms with Crippen LogP contribution in [0.3, 0.4) is 0 Å². The maximum Gasteiger partial charge on any atom is 0.319 e. The molecule has 0 spiro atoms. The third-order valence-corrected chi connectivity index (χ3v) is 3.77. The van der Waals surface area contributed by atoms with Gasteiger partial charge in [-0.15, -0.1) is 0 Å². The van der Waals surface area contributed by atoms with E-state index in [2.05, 4.69) is 15.6 Å². The minimum absolute atomic E-state index is 0.0224. The molecule has 2 atom stereocenters. The van der Waals surface area contributed by atoms with Gasteiger partial charge in [0.15, 0.2) is 5.15 Å². The minimum atomic E-state index is -0.305. The molecule has 1 heterocycles. The van der Waals surface area contributed by atoms with Gasteiger partial charge in [-0.3, -0.25) is 0 Å². The first-order chi connectivity index (χ1) is 9.20. The second-order valence-corrected chi connectivity index (χ2v) is 5.13. The summed E-state index contributed by atoms with van der Waals surface area (Å²) in [5, 5.41) is 15.1. The van der Waals surface area contributed by atoms with Gasteiger partial charge in [0, 0.05) is 24.8 Å². The Balaban J connectivity index is 1.92. The molecule has 0 aromatic carbocycles. The Bertz CT molecular complexity index is 442. The van der Waals surface area contributed by atoms with Gasteiger partial charge < -0.3 is 15.7 Å². The number of anilines is 1. The summed E-state index contributed by atoms with van der Waals surface area (Å²) >= 11 is 5.87. The Hall–Kier alpha value is -1.33. The van der Waals surface area contributed by atoms with E-state index in [0.717, 1.165) is 25.7 Å². The Kier molecular flexibility index (Phi) is 4.99. The van der Waals surface area contributed by atoms with E-state index in [1.54, 1.807) is 18.3 Å². The second kappa shape index (κ2) is 6.73. The molecule has 1 aliphatic rings. The summed E-state index contributed by atoms with van der Waals surface area (Å²) in [5.74, 6) is 0.142. The number of hydrogen-bond acceptors (Lipinski definition) is 3. The standard InChI is InChI=1S/C13H18ClN3O2/c14-12-11(6-3-7-15-12)17-13(19)16-10-5-2-1-4-9(10)8-18/h3,6-7,9-10,18H,1-2,4-5,8H2,(H2,16,17,19). The first-order valence-corrected chi connectivity index (χ1v) is 6.87. The highest BCUT2D eigenvalue weighted by Gasteiger charge is 2.25. The van der Waals surface area contributed by atoms with Gasteiger partial charge in [-0.05, 0) is 25.0 Å². The molecule has 2 rings (SSSR count). The number of aromatic nitrogens is 1. The highest BCUT2D eigenvalue weighted by Crippen LogP contribution is 2.24. The predicted octanol–water partition coefficient (Wildman–Crippen LogP) is 2.41. The first kappa shape index (κ1) is 14.1. The van der Waals surface area contributed by atoms with E-state index in [4.69, 9.17) is 11.6 Å². The van der Waals surface area contributed by atoms with E-state index < -0.39 is 0 Å². The number of amides is 2. The van der Waals surface area contributed by atoms with Crippen LogP contribution in [-0.4, -0.2) is 28.8 Å². The number of nitrogens with zero attached hydrogens (tertiary/aromatic N) is 1. The lowest BCUT2D eigenvalue weighted by Gasteiger charge is -2.30. The Morgan fingerprint density at radius 2 is 2.26 bits per heavy atom. The van der Waals surface area contributed by atoms with Crippen molar-refractivity contribution in [2.24, 2.45) is 5.92 Å². The summed E-state index contributed by atoms with van der Waals surface area (Å²) in [7, 11) is 0. The van der Waals surface area contributed by atoms with Gasteiger partial charge in [0.25, 0.3) is 0 Å². The number of rotatable bonds is 3. The summed E-state index contributed by atoms with van der Waals surface area (Å²) in [4.78, 5) is 15.8. The lowest BCUT2D eigenvalue weighted by Crippen LogP contribution is -2.45. The topological polar surface area (TPSA) is 74.2 Å². The number of hydrogen-bond donors (Lipinski definition) is 3. The van der Waals surface area contributed by atoms with E-state index in [-0.39, 0.29) is 29.8 Å². The number of aliphatic hydroxyl groups excluding tert-OH is 1. The number of halogens is 1. The molecule has 1 aliphatic carbocycles. The number of nitrogens with one attached hydrogen (secondary N) is 2. The molecule has 2 unspecified atom stereocenters.